The summed E-state index contributed by atoms with van der Waals surface area (Å²) < 4.78 is 0. The standard InChI is InChI=1S/C10H13ClN2O/c11-7-4-9(10(12)13-5-7)6-1-2-8(14)3-6/h4-6,8,14H,1-3H2,(H2,12,13). The highest BCUT2D eigenvalue weighted by atomic mass is 35.5. The van der Waals surface area contributed by atoms with Gasteiger partial charge in [0.05, 0.1) is 11.1 Å². The normalized spacial score (nSPS) is 26.7. The maximum Gasteiger partial charge on any atom is 0.126 e. The molecule has 76 valence electrons. The van der Waals surface area contributed by atoms with Crippen LogP contribution < -0.4 is 5.73 Å². The maximum absolute atomic E-state index is 9.43. The number of nitrogen functional groups attached to an aromatic ring is 1. The van der Waals surface area contributed by atoms with Gasteiger partial charge in [-0.2, -0.15) is 0 Å². The van der Waals surface area contributed by atoms with E-state index >= 15 is 0 Å². The van der Waals surface area contributed by atoms with Crippen LogP contribution in [0, 0.1) is 0 Å². The molecule has 0 saturated heterocycles. The SMILES string of the molecule is Nc1ncc(Cl)cc1C1CCC(O)C1. The third kappa shape index (κ3) is 1.83. The van der Waals surface area contributed by atoms with Crippen LogP contribution in [-0.4, -0.2) is 16.2 Å². The van der Waals surface area contributed by atoms with E-state index in [-0.39, 0.29) is 6.10 Å². The number of hydrogen-bond donors (Lipinski definition) is 2. The predicted molar refractivity (Wildman–Crippen MR) is 56.3 cm³/mol. The van der Waals surface area contributed by atoms with Crippen molar-refractivity contribution >= 4 is 17.4 Å². The molecule has 1 aliphatic rings. The van der Waals surface area contributed by atoms with Crippen molar-refractivity contribution in [2.45, 2.75) is 31.3 Å². The molecule has 1 aromatic rings. The van der Waals surface area contributed by atoms with E-state index in [1.165, 1.54) is 0 Å². The van der Waals surface area contributed by atoms with Gasteiger partial charge in [0.2, 0.25) is 0 Å². The molecular weight excluding hydrogens is 200 g/mol. The van der Waals surface area contributed by atoms with E-state index in [2.05, 4.69) is 4.98 Å². The van der Waals surface area contributed by atoms with Crippen LogP contribution >= 0.6 is 11.6 Å². The Morgan fingerprint density at radius 1 is 1.50 bits per heavy atom. The van der Waals surface area contributed by atoms with Gasteiger partial charge in [0.15, 0.2) is 0 Å². The van der Waals surface area contributed by atoms with Gasteiger partial charge in [-0.05, 0) is 36.8 Å². The summed E-state index contributed by atoms with van der Waals surface area (Å²) in [6.45, 7) is 0. The first-order valence-electron chi connectivity index (χ1n) is 4.76. The van der Waals surface area contributed by atoms with E-state index in [9.17, 15) is 5.11 Å². The van der Waals surface area contributed by atoms with Crippen LogP contribution in [0.3, 0.4) is 0 Å². The average molecular weight is 213 g/mol. The maximum atomic E-state index is 9.43. The molecule has 0 spiro atoms. The first kappa shape index (κ1) is 9.74. The van der Waals surface area contributed by atoms with Gasteiger partial charge in [-0.15, -0.1) is 0 Å². The van der Waals surface area contributed by atoms with E-state index < -0.39 is 0 Å². The van der Waals surface area contributed by atoms with Crippen LogP contribution in [0.2, 0.25) is 5.02 Å². The van der Waals surface area contributed by atoms with Crippen LogP contribution in [0.1, 0.15) is 30.7 Å². The number of nitrogens with zero attached hydrogens (tertiary/aromatic N) is 1. The number of anilines is 1. The zero-order chi connectivity index (χ0) is 10.1. The Bertz CT molecular complexity index is 343. The van der Waals surface area contributed by atoms with Crippen molar-refractivity contribution in [2.75, 3.05) is 5.73 Å². The number of rotatable bonds is 1. The molecule has 4 heteroatoms. The van der Waals surface area contributed by atoms with Crippen molar-refractivity contribution in [3.63, 3.8) is 0 Å². The largest absolute Gasteiger partial charge is 0.393 e. The van der Waals surface area contributed by atoms with Gasteiger partial charge in [-0.25, -0.2) is 4.98 Å². The molecule has 0 amide bonds. The van der Waals surface area contributed by atoms with Gasteiger partial charge < -0.3 is 10.8 Å². The number of nitrogens with two attached hydrogens (primary N) is 1. The third-order valence-electron chi connectivity index (χ3n) is 2.76. The summed E-state index contributed by atoms with van der Waals surface area (Å²) in [5, 5.41) is 10.0. The van der Waals surface area contributed by atoms with Crippen LogP contribution in [0.4, 0.5) is 5.82 Å². The van der Waals surface area contributed by atoms with Crippen molar-refractivity contribution in [1.29, 1.82) is 0 Å². The lowest BCUT2D eigenvalue weighted by molar-refractivity contribution is 0.181. The minimum Gasteiger partial charge on any atom is -0.393 e. The van der Waals surface area contributed by atoms with Crippen molar-refractivity contribution in [1.82, 2.24) is 4.98 Å². The van der Waals surface area contributed by atoms with E-state index in [0.717, 1.165) is 24.8 Å². The fourth-order valence-electron chi connectivity index (χ4n) is 2.03. The highest BCUT2D eigenvalue weighted by Gasteiger charge is 2.26. The Hall–Kier alpha value is -0.800. The van der Waals surface area contributed by atoms with E-state index in [1.807, 2.05) is 6.07 Å². The highest BCUT2D eigenvalue weighted by molar-refractivity contribution is 6.30. The second kappa shape index (κ2) is 3.75. The molecule has 1 saturated carbocycles. The Morgan fingerprint density at radius 3 is 2.93 bits per heavy atom. The molecule has 1 aliphatic carbocycles. The summed E-state index contributed by atoms with van der Waals surface area (Å²) in [6.07, 6.45) is 3.93. The van der Waals surface area contributed by atoms with Crippen LogP contribution in [0.5, 0.6) is 0 Å². The molecule has 2 unspecified atom stereocenters. The fourth-order valence-corrected chi connectivity index (χ4v) is 2.20. The van der Waals surface area contributed by atoms with Crippen molar-refractivity contribution < 1.29 is 5.11 Å². The Morgan fingerprint density at radius 2 is 2.29 bits per heavy atom. The average Bonchev–Trinajstić information content (AvgIpc) is 2.56. The molecule has 0 radical (unpaired) electrons. The van der Waals surface area contributed by atoms with Gasteiger partial charge in [-0.1, -0.05) is 11.6 Å². The lowest BCUT2D eigenvalue weighted by Gasteiger charge is -2.11. The molecule has 2 rings (SSSR count). The predicted octanol–water partition coefficient (Wildman–Crippen LogP) is 1.95. The lowest BCUT2D eigenvalue weighted by Crippen LogP contribution is -2.03. The van der Waals surface area contributed by atoms with E-state index in [1.54, 1.807) is 6.20 Å². The molecule has 3 nitrogen and oxygen atoms in total. The molecule has 0 aromatic carbocycles. The van der Waals surface area contributed by atoms with Gasteiger partial charge >= 0.3 is 0 Å². The number of halogens is 1. The topological polar surface area (TPSA) is 59.1 Å². The van der Waals surface area contributed by atoms with Gasteiger partial charge in [0.1, 0.15) is 5.82 Å². The Labute approximate surface area is 87.9 Å². The van der Waals surface area contributed by atoms with Crippen molar-refractivity contribution in [3.8, 4) is 0 Å². The summed E-state index contributed by atoms with van der Waals surface area (Å²) in [6, 6.07) is 1.85. The fraction of sp³-hybridized carbons (Fsp3) is 0.500. The van der Waals surface area contributed by atoms with Crippen LogP contribution in [0.15, 0.2) is 12.3 Å². The number of pyridine rings is 1. The van der Waals surface area contributed by atoms with Crippen molar-refractivity contribution in [2.24, 2.45) is 0 Å². The number of hydrogen-bond acceptors (Lipinski definition) is 3. The molecule has 0 aliphatic heterocycles. The molecule has 1 fully saturated rings. The van der Waals surface area contributed by atoms with Gasteiger partial charge in [0.25, 0.3) is 0 Å². The molecule has 1 heterocycles. The first-order chi connectivity index (χ1) is 6.66. The zero-order valence-electron chi connectivity index (χ0n) is 7.78. The third-order valence-corrected chi connectivity index (χ3v) is 2.97. The van der Waals surface area contributed by atoms with Gasteiger partial charge in [-0.3, -0.25) is 0 Å². The van der Waals surface area contributed by atoms with Gasteiger partial charge in [0, 0.05) is 6.20 Å². The minimum atomic E-state index is -0.196. The molecule has 1 aromatic heterocycles. The number of aliphatic hydroxyl groups excluding tert-OH is 1. The highest BCUT2D eigenvalue weighted by Crippen LogP contribution is 2.37. The molecular formula is C10H13ClN2O. The number of aliphatic hydroxyl groups is 1. The monoisotopic (exact) mass is 212 g/mol. The summed E-state index contributed by atoms with van der Waals surface area (Å²) >= 11 is 5.85. The van der Waals surface area contributed by atoms with Crippen LogP contribution in [-0.2, 0) is 0 Å². The summed E-state index contributed by atoms with van der Waals surface area (Å²) in [5.74, 6) is 0.852. The summed E-state index contributed by atoms with van der Waals surface area (Å²) in [4.78, 5) is 4.01. The molecule has 14 heavy (non-hydrogen) atoms. The summed E-state index contributed by atoms with van der Waals surface area (Å²) in [7, 11) is 0. The molecule has 3 N–H and O–H groups in total. The Balaban J connectivity index is 2.27. The minimum absolute atomic E-state index is 0.196. The zero-order valence-corrected chi connectivity index (χ0v) is 8.54. The second-order valence-corrected chi connectivity index (χ2v) is 4.23. The van der Waals surface area contributed by atoms with Crippen molar-refractivity contribution in [3.05, 3.63) is 22.8 Å². The van der Waals surface area contributed by atoms with E-state index in [4.69, 9.17) is 17.3 Å². The first-order valence-corrected chi connectivity index (χ1v) is 5.13. The Kier molecular flexibility index (Phi) is 2.61. The van der Waals surface area contributed by atoms with E-state index in [0.29, 0.717) is 16.8 Å². The summed E-state index contributed by atoms with van der Waals surface area (Å²) in [5.41, 5.74) is 6.74. The molecule has 0 bridgehead atoms. The lowest BCUT2D eigenvalue weighted by atomic mass is 9.98. The van der Waals surface area contributed by atoms with Crippen LogP contribution in [0.25, 0.3) is 0 Å². The quantitative estimate of drug-likeness (QED) is 0.748. The number of aromatic nitrogens is 1. The smallest absolute Gasteiger partial charge is 0.126 e. The molecule has 2 atom stereocenters. The second-order valence-electron chi connectivity index (χ2n) is 3.79.